The van der Waals surface area contributed by atoms with Gasteiger partial charge in [-0.2, -0.15) is 5.10 Å². The number of amides is 1. The van der Waals surface area contributed by atoms with E-state index in [4.69, 9.17) is 16.3 Å². The molecule has 0 atom stereocenters. The van der Waals surface area contributed by atoms with Crippen LogP contribution in [0.4, 0.5) is 0 Å². The fraction of sp³-hybridized carbons (Fsp3) is 0.263. The third-order valence-corrected chi connectivity index (χ3v) is 4.51. The van der Waals surface area contributed by atoms with Crippen molar-refractivity contribution in [3.63, 3.8) is 0 Å². The van der Waals surface area contributed by atoms with Gasteiger partial charge >= 0.3 is 0 Å². The van der Waals surface area contributed by atoms with Crippen LogP contribution in [0.1, 0.15) is 25.3 Å². The number of carbonyl (C=O) groups excluding carboxylic acids is 1. The maximum Gasteiger partial charge on any atom is 0.250 e. The minimum atomic E-state index is -0.166. The Hall–Kier alpha value is -1.98. The van der Waals surface area contributed by atoms with Crippen molar-refractivity contribution in [3.8, 4) is 5.75 Å². The van der Waals surface area contributed by atoms with E-state index in [-0.39, 0.29) is 11.7 Å². The third-order valence-electron chi connectivity index (χ3n) is 3.25. The fourth-order valence-electron chi connectivity index (χ4n) is 1.93. The number of hydrogen-bond acceptors (Lipinski definition) is 4. The summed E-state index contributed by atoms with van der Waals surface area (Å²) in [4.78, 5) is 12.9. The van der Waals surface area contributed by atoms with Gasteiger partial charge in [-0.25, -0.2) is 5.43 Å². The van der Waals surface area contributed by atoms with Gasteiger partial charge in [0.1, 0.15) is 5.75 Å². The summed E-state index contributed by atoms with van der Waals surface area (Å²) >= 11 is 7.27. The molecule has 6 heteroatoms. The number of hydrogen-bond donors (Lipinski definition) is 1. The van der Waals surface area contributed by atoms with Crippen LogP contribution in [0.3, 0.4) is 0 Å². The average Bonchev–Trinajstić information content (AvgIpc) is 2.63. The Kier molecular flexibility index (Phi) is 8.35. The Balaban J connectivity index is 1.81. The van der Waals surface area contributed by atoms with Gasteiger partial charge < -0.3 is 4.74 Å². The van der Waals surface area contributed by atoms with Gasteiger partial charge in [-0.15, -0.1) is 11.8 Å². The highest BCUT2D eigenvalue weighted by atomic mass is 35.5. The van der Waals surface area contributed by atoms with Gasteiger partial charge in [0.05, 0.1) is 18.6 Å². The largest absolute Gasteiger partial charge is 0.493 e. The molecule has 0 aromatic heterocycles. The van der Waals surface area contributed by atoms with Gasteiger partial charge in [0.15, 0.2) is 0 Å². The zero-order valence-corrected chi connectivity index (χ0v) is 15.6. The first-order valence-electron chi connectivity index (χ1n) is 8.11. The average molecular weight is 377 g/mol. The monoisotopic (exact) mass is 376 g/mol. The van der Waals surface area contributed by atoms with Crippen molar-refractivity contribution < 1.29 is 9.53 Å². The second-order valence-corrected chi connectivity index (χ2v) is 6.76. The number of thioether (sulfide) groups is 1. The van der Waals surface area contributed by atoms with E-state index in [1.807, 2.05) is 36.4 Å². The normalized spacial score (nSPS) is 10.8. The minimum absolute atomic E-state index is 0.166. The first-order chi connectivity index (χ1) is 12.2. The highest BCUT2D eigenvalue weighted by Crippen LogP contribution is 2.20. The lowest BCUT2D eigenvalue weighted by molar-refractivity contribution is -0.118. The topological polar surface area (TPSA) is 50.7 Å². The SMILES string of the molecule is CCCCOc1ccccc1/C=N/NC(=O)CSc1ccc(Cl)cc1. The van der Waals surface area contributed by atoms with Crippen LogP contribution in [0, 0.1) is 0 Å². The van der Waals surface area contributed by atoms with Crippen molar-refractivity contribution in [2.45, 2.75) is 24.7 Å². The van der Waals surface area contributed by atoms with Gasteiger partial charge in [-0.3, -0.25) is 4.79 Å². The first-order valence-corrected chi connectivity index (χ1v) is 9.47. The number of halogens is 1. The highest BCUT2D eigenvalue weighted by Gasteiger charge is 2.03. The lowest BCUT2D eigenvalue weighted by atomic mass is 10.2. The third kappa shape index (κ3) is 7.20. The molecular weight excluding hydrogens is 356 g/mol. The number of ether oxygens (including phenoxy) is 1. The van der Waals surface area contributed by atoms with Crippen LogP contribution in [0.15, 0.2) is 58.5 Å². The van der Waals surface area contributed by atoms with Gasteiger partial charge in [0.25, 0.3) is 0 Å². The van der Waals surface area contributed by atoms with E-state index in [9.17, 15) is 4.79 Å². The number of hydrazone groups is 1. The van der Waals surface area contributed by atoms with Crippen molar-refractivity contribution >= 4 is 35.5 Å². The molecule has 0 heterocycles. The second kappa shape index (κ2) is 10.8. The van der Waals surface area contributed by atoms with Gasteiger partial charge in [0.2, 0.25) is 5.91 Å². The molecule has 1 amide bonds. The molecule has 0 spiro atoms. The van der Waals surface area contributed by atoms with E-state index >= 15 is 0 Å². The molecule has 0 aliphatic heterocycles. The summed E-state index contributed by atoms with van der Waals surface area (Å²) in [6, 6.07) is 15.0. The van der Waals surface area contributed by atoms with Crippen LogP contribution < -0.4 is 10.2 Å². The number of nitrogens with one attached hydrogen (secondary N) is 1. The Morgan fingerprint density at radius 3 is 2.76 bits per heavy atom. The van der Waals surface area contributed by atoms with Crippen molar-refractivity contribution in [3.05, 3.63) is 59.1 Å². The lowest BCUT2D eigenvalue weighted by Gasteiger charge is -2.08. The van der Waals surface area contributed by atoms with E-state index in [0.717, 1.165) is 29.1 Å². The molecule has 0 radical (unpaired) electrons. The number of carbonyl (C=O) groups is 1. The Morgan fingerprint density at radius 2 is 2.00 bits per heavy atom. The maximum absolute atomic E-state index is 11.9. The molecule has 25 heavy (non-hydrogen) atoms. The maximum atomic E-state index is 11.9. The zero-order valence-electron chi connectivity index (χ0n) is 14.1. The minimum Gasteiger partial charge on any atom is -0.493 e. The first kappa shape index (κ1) is 19.3. The van der Waals surface area contributed by atoms with Gasteiger partial charge in [0, 0.05) is 15.5 Å². The summed E-state index contributed by atoms with van der Waals surface area (Å²) in [5.41, 5.74) is 3.37. The Labute approximate surface area is 157 Å². The molecule has 0 unspecified atom stereocenters. The van der Waals surface area contributed by atoms with Crippen molar-refractivity contribution in [1.29, 1.82) is 0 Å². The molecule has 0 saturated heterocycles. The predicted octanol–water partition coefficient (Wildman–Crippen LogP) is 4.76. The van der Waals surface area contributed by atoms with E-state index < -0.39 is 0 Å². The molecule has 0 bridgehead atoms. The molecule has 0 saturated carbocycles. The number of rotatable bonds is 9. The van der Waals surface area contributed by atoms with Crippen LogP contribution in [-0.4, -0.2) is 24.5 Å². The molecule has 0 aliphatic rings. The van der Waals surface area contributed by atoms with Crippen molar-refractivity contribution in [1.82, 2.24) is 5.43 Å². The van der Waals surface area contributed by atoms with Crippen molar-refractivity contribution in [2.24, 2.45) is 5.10 Å². The Morgan fingerprint density at radius 1 is 1.24 bits per heavy atom. The second-order valence-electron chi connectivity index (χ2n) is 5.28. The summed E-state index contributed by atoms with van der Waals surface area (Å²) in [5.74, 6) is 0.887. The van der Waals surface area contributed by atoms with Crippen LogP contribution >= 0.6 is 23.4 Å². The Bertz CT molecular complexity index is 705. The summed E-state index contributed by atoms with van der Waals surface area (Å²) in [7, 11) is 0. The van der Waals surface area contributed by atoms with Crippen LogP contribution in [-0.2, 0) is 4.79 Å². The standard InChI is InChI=1S/C19H21ClN2O2S/c1-2-3-12-24-18-7-5-4-6-15(18)13-21-22-19(23)14-25-17-10-8-16(20)9-11-17/h4-11,13H,2-3,12,14H2,1H3,(H,22,23)/b21-13+. The number of nitrogens with zero attached hydrogens (tertiary/aromatic N) is 1. The summed E-state index contributed by atoms with van der Waals surface area (Å²) in [5, 5.41) is 4.70. The zero-order chi connectivity index (χ0) is 17.9. The molecule has 0 fully saturated rings. The number of benzene rings is 2. The van der Waals surface area contributed by atoms with Gasteiger partial charge in [-0.1, -0.05) is 37.1 Å². The molecule has 0 aliphatic carbocycles. The van der Waals surface area contributed by atoms with Gasteiger partial charge in [-0.05, 0) is 42.8 Å². The number of unbranched alkanes of at least 4 members (excludes halogenated alkanes) is 1. The number of para-hydroxylation sites is 1. The molecule has 132 valence electrons. The molecule has 4 nitrogen and oxygen atoms in total. The summed E-state index contributed by atoms with van der Waals surface area (Å²) in [6.07, 6.45) is 3.69. The van der Waals surface area contributed by atoms with E-state index in [0.29, 0.717) is 11.6 Å². The molecule has 2 rings (SSSR count). The molecule has 1 N–H and O–H groups in total. The van der Waals surface area contributed by atoms with E-state index in [1.165, 1.54) is 11.8 Å². The van der Waals surface area contributed by atoms with E-state index in [1.54, 1.807) is 18.3 Å². The lowest BCUT2D eigenvalue weighted by Crippen LogP contribution is -2.19. The highest BCUT2D eigenvalue weighted by molar-refractivity contribution is 8.00. The van der Waals surface area contributed by atoms with E-state index in [2.05, 4.69) is 17.5 Å². The molecular formula is C19H21ClN2O2S. The van der Waals surface area contributed by atoms with Crippen molar-refractivity contribution in [2.75, 3.05) is 12.4 Å². The van der Waals surface area contributed by atoms with Crippen LogP contribution in [0.2, 0.25) is 5.02 Å². The van der Waals surface area contributed by atoms with Crippen LogP contribution in [0.5, 0.6) is 5.75 Å². The predicted molar refractivity (Wildman–Crippen MR) is 105 cm³/mol. The quantitative estimate of drug-likeness (QED) is 0.297. The molecule has 2 aromatic rings. The fourth-order valence-corrected chi connectivity index (χ4v) is 2.75. The smallest absolute Gasteiger partial charge is 0.250 e. The molecule has 2 aromatic carbocycles. The summed E-state index contributed by atoms with van der Waals surface area (Å²) in [6.45, 7) is 2.79. The summed E-state index contributed by atoms with van der Waals surface area (Å²) < 4.78 is 5.73. The van der Waals surface area contributed by atoms with Crippen LogP contribution in [0.25, 0.3) is 0 Å².